The van der Waals surface area contributed by atoms with E-state index in [9.17, 15) is 4.79 Å². The van der Waals surface area contributed by atoms with E-state index in [1.165, 1.54) is 7.11 Å². The molecule has 18 heavy (non-hydrogen) atoms. The maximum absolute atomic E-state index is 11.4. The van der Waals surface area contributed by atoms with Crippen LogP contribution >= 0.6 is 22.9 Å². The quantitative estimate of drug-likeness (QED) is 0.870. The van der Waals surface area contributed by atoms with Gasteiger partial charge in [0.1, 0.15) is 0 Å². The first kappa shape index (κ1) is 12.8. The smallest absolute Gasteiger partial charge is 0.351 e. The fourth-order valence-electron chi connectivity index (χ4n) is 1.34. The molecule has 0 aliphatic heterocycles. The molecule has 96 valence electrons. The number of thiazole rings is 1. The van der Waals surface area contributed by atoms with Crippen molar-refractivity contribution in [3.63, 3.8) is 0 Å². The third kappa shape index (κ3) is 2.62. The van der Waals surface area contributed by atoms with Crippen molar-refractivity contribution in [2.75, 3.05) is 12.4 Å². The van der Waals surface area contributed by atoms with Crippen molar-refractivity contribution in [2.45, 2.75) is 6.54 Å². The monoisotopic (exact) mass is 286 g/mol. The minimum absolute atomic E-state index is 0.152. The van der Waals surface area contributed by atoms with Gasteiger partial charge in [0.05, 0.1) is 19.3 Å². The molecule has 0 unspecified atom stereocenters. The van der Waals surface area contributed by atoms with Crippen LogP contribution in [-0.2, 0) is 18.3 Å². The van der Waals surface area contributed by atoms with Gasteiger partial charge in [-0.2, -0.15) is 5.10 Å². The van der Waals surface area contributed by atoms with Crippen molar-refractivity contribution in [1.82, 2.24) is 14.8 Å². The molecule has 0 saturated carbocycles. The standard InChI is InChI=1S/C10H11ClN4O2S/c1-15-6(3-4-13-15)5-12-10-14-8(11)7(18-10)9(16)17-2/h3-4H,5H2,1-2H3,(H,12,14). The lowest BCUT2D eigenvalue weighted by Crippen LogP contribution is -2.04. The highest BCUT2D eigenvalue weighted by atomic mass is 35.5. The number of halogens is 1. The summed E-state index contributed by atoms with van der Waals surface area (Å²) in [6.45, 7) is 0.557. The van der Waals surface area contributed by atoms with Crippen molar-refractivity contribution in [2.24, 2.45) is 7.05 Å². The van der Waals surface area contributed by atoms with E-state index in [0.717, 1.165) is 17.0 Å². The number of anilines is 1. The zero-order valence-corrected chi connectivity index (χ0v) is 11.4. The Bertz CT molecular complexity index is 566. The summed E-state index contributed by atoms with van der Waals surface area (Å²) in [6.07, 6.45) is 1.71. The van der Waals surface area contributed by atoms with Crippen molar-refractivity contribution in [3.8, 4) is 0 Å². The summed E-state index contributed by atoms with van der Waals surface area (Å²) in [5.74, 6) is -0.480. The number of hydrogen-bond acceptors (Lipinski definition) is 6. The molecule has 2 aromatic rings. The van der Waals surface area contributed by atoms with Crippen LogP contribution in [0.15, 0.2) is 12.3 Å². The number of ether oxygens (including phenoxy) is 1. The van der Waals surface area contributed by atoms with Crippen molar-refractivity contribution in [1.29, 1.82) is 0 Å². The Morgan fingerprint density at radius 2 is 2.44 bits per heavy atom. The van der Waals surface area contributed by atoms with Gasteiger partial charge >= 0.3 is 5.97 Å². The second-order valence-electron chi connectivity index (χ2n) is 3.43. The van der Waals surface area contributed by atoms with E-state index in [0.29, 0.717) is 16.6 Å². The summed E-state index contributed by atoms with van der Waals surface area (Å²) in [5, 5.41) is 7.86. The molecule has 0 atom stereocenters. The molecule has 2 heterocycles. The van der Waals surface area contributed by atoms with Gasteiger partial charge in [0, 0.05) is 13.2 Å². The van der Waals surface area contributed by atoms with E-state index in [2.05, 4.69) is 20.1 Å². The number of esters is 1. The van der Waals surface area contributed by atoms with Crippen LogP contribution in [-0.4, -0.2) is 27.8 Å². The number of aryl methyl sites for hydroxylation is 1. The van der Waals surface area contributed by atoms with Crippen LogP contribution in [0.5, 0.6) is 0 Å². The molecule has 2 aromatic heterocycles. The molecule has 1 N–H and O–H groups in total. The maximum atomic E-state index is 11.4. The van der Waals surface area contributed by atoms with Crippen LogP contribution in [0.25, 0.3) is 0 Å². The lowest BCUT2D eigenvalue weighted by Gasteiger charge is -2.02. The third-order valence-electron chi connectivity index (χ3n) is 2.30. The zero-order valence-electron chi connectivity index (χ0n) is 9.81. The number of hydrogen-bond donors (Lipinski definition) is 1. The van der Waals surface area contributed by atoms with Gasteiger partial charge in [-0.3, -0.25) is 4.68 Å². The van der Waals surface area contributed by atoms with Crippen molar-refractivity contribution >= 4 is 34.0 Å². The molecular weight excluding hydrogens is 276 g/mol. The topological polar surface area (TPSA) is 69.0 Å². The van der Waals surface area contributed by atoms with E-state index in [-0.39, 0.29) is 5.15 Å². The lowest BCUT2D eigenvalue weighted by atomic mass is 10.4. The number of carbonyl (C=O) groups is 1. The fraction of sp³-hybridized carbons (Fsp3) is 0.300. The molecule has 0 amide bonds. The number of carbonyl (C=O) groups excluding carboxylic acids is 1. The van der Waals surface area contributed by atoms with E-state index < -0.39 is 5.97 Å². The van der Waals surface area contributed by atoms with Gasteiger partial charge in [-0.25, -0.2) is 9.78 Å². The van der Waals surface area contributed by atoms with Crippen LogP contribution in [0, 0.1) is 0 Å². The minimum atomic E-state index is -0.480. The predicted molar refractivity (Wildman–Crippen MR) is 69.0 cm³/mol. The molecule has 0 spiro atoms. The summed E-state index contributed by atoms with van der Waals surface area (Å²) in [7, 11) is 3.16. The van der Waals surface area contributed by atoms with Gasteiger partial charge in [0.15, 0.2) is 15.2 Å². The number of methoxy groups -OCH3 is 1. The molecular formula is C10H11ClN4O2S. The highest BCUT2D eigenvalue weighted by molar-refractivity contribution is 7.18. The highest BCUT2D eigenvalue weighted by Crippen LogP contribution is 2.27. The molecule has 2 rings (SSSR count). The number of nitrogens with zero attached hydrogens (tertiary/aromatic N) is 3. The summed E-state index contributed by atoms with van der Waals surface area (Å²) >= 11 is 7.01. The van der Waals surface area contributed by atoms with E-state index in [1.54, 1.807) is 10.9 Å². The van der Waals surface area contributed by atoms with Crippen molar-refractivity contribution < 1.29 is 9.53 Å². The number of aromatic nitrogens is 3. The van der Waals surface area contributed by atoms with E-state index in [1.807, 2.05) is 13.1 Å². The SMILES string of the molecule is COC(=O)c1sc(NCc2ccnn2C)nc1Cl. The maximum Gasteiger partial charge on any atom is 0.351 e. The largest absolute Gasteiger partial charge is 0.465 e. The molecule has 8 heteroatoms. The van der Waals surface area contributed by atoms with Gasteiger partial charge in [-0.05, 0) is 6.07 Å². The molecule has 0 saturated heterocycles. The summed E-state index contributed by atoms with van der Waals surface area (Å²) in [5.41, 5.74) is 1.00. The van der Waals surface area contributed by atoms with Gasteiger partial charge in [-0.15, -0.1) is 0 Å². The molecule has 0 aromatic carbocycles. The first-order valence-electron chi connectivity index (χ1n) is 5.07. The Kier molecular flexibility index (Phi) is 3.83. The van der Waals surface area contributed by atoms with Crippen LogP contribution in [0.3, 0.4) is 0 Å². The Morgan fingerprint density at radius 3 is 3.06 bits per heavy atom. The molecule has 0 aliphatic carbocycles. The predicted octanol–water partition coefficient (Wildman–Crippen LogP) is 1.93. The first-order chi connectivity index (χ1) is 8.61. The summed E-state index contributed by atoms with van der Waals surface area (Å²) in [4.78, 5) is 15.7. The summed E-state index contributed by atoms with van der Waals surface area (Å²) in [6, 6.07) is 1.89. The average molecular weight is 287 g/mol. The van der Waals surface area contributed by atoms with Gasteiger partial charge in [0.2, 0.25) is 0 Å². The highest BCUT2D eigenvalue weighted by Gasteiger charge is 2.17. The van der Waals surface area contributed by atoms with E-state index >= 15 is 0 Å². The summed E-state index contributed by atoms with van der Waals surface area (Å²) < 4.78 is 6.36. The zero-order chi connectivity index (χ0) is 13.1. The second-order valence-corrected chi connectivity index (χ2v) is 4.79. The number of rotatable bonds is 4. The van der Waals surface area contributed by atoms with Crippen LogP contribution < -0.4 is 5.32 Å². The van der Waals surface area contributed by atoms with Crippen LogP contribution in [0.4, 0.5) is 5.13 Å². The van der Waals surface area contributed by atoms with Gasteiger partial charge in [0.25, 0.3) is 0 Å². The molecule has 0 fully saturated rings. The van der Waals surface area contributed by atoms with Crippen LogP contribution in [0.2, 0.25) is 5.15 Å². The Morgan fingerprint density at radius 1 is 1.67 bits per heavy atom. The minimum Gasteiger partial charge on any atom is -0.465 e. The van der Waals surface area contributed by atoms with Gasteiger partial charge < -0.3 is 10.1 Å². The lowest BCUT2D eigenvalue weighted by molar-refractivity contribution is 0.0606. The van der Waals surface area contributed by atoms with Gasteiger partial charge in [-0.1, -0.05) is 22.9 Å². The Hall–Kier alpha value is -1.60. The Balaban J connectivity index is 2.07. The molecule has 0 aliphatic rings. The average Bonchev–Trinajstić information content (AvgIpc) is 2.92. The van der Waals surface area contributed by atoms with E-state index in [4.69, 9.17) is 11.6 Å². The fourth-order valence-corrected chi connectivity index (χ4v) is 2.44. The Labute approximate surface area is 113 Å². The molecule has 0 bridgehead atoms. The first-order valence-corrected chi connectivity index (χ1v) is 6.26. The van der Waals surface area contributed by atoms with Crippen LogP contribution in [0.1, 0.15) is 15.4 Å². The molecule has 6 nitrogen and oxygen atoms in total. The normalized spacial score (nSPS) is 10.4. The third-order valence-corrected chi connectivity index (χ3v) is 3.68. The van der Waals surface area contributed by atoms with Crippen molar-refractivity contribution in [3.05, 3.63) is 28.0 Å². The molecule has 0 radical (unpaired) electrons. The number of nitrogens with one attached hydrogen (secondary N) is 1. The second kappa shape index (κ2) is 5.36.